The Morgan fingerprint density at radius 1 is 1.00 bits per heavy atom. The highest BCUT2D eigenvalue weighted by Gasteiger charge is 2.70. The van der Waals surface area contributed by atoms with Gasteiger partial charge in [-0.1, -0.05) is 30.3 Å². The van der Waals surface area contributed by atoms with E-state index < -0.39 is 23.7 Å². The molecule has 2 bridgehead atoms. The summed E-state index contributed by atoms with van der Waals surface area (Å²) in [5.74, 6) is -1.18. The van der Waals surface area contributed by atoms with E-state index in [1.807, 2.05) is 36.4 Å². The Balaban J connectivity index is 1.57. The van der Waals surface area contributed by atoms with Crippen LogP contribution in [-0.2, 0) is 14.3 Å². The number of hydrogen-bond donors (Lipinski definition) is 0. The van der Waals surface area contributed by atoms with Crippen LogP contribution in [-0.4, -0.2) is 29.6 Å². The Morgan fingerprint density at radius 2 is 1.72 bits per heavy atom. The van der Waals surface area contributed by atoms with Gasteiger partial charge >= 0.3 is 0 Å². The van der Waals surface area contributed by atoms with Crippen molar-refractivity contribution >= 4 is 22.3 Å². The highest BCUT2D eigenvalue weighted by molar-refractivity contribution is 6.09. The Kier molecular flexibility index (Phi) is 2.34. The fourth-order valence-electron chi connectivity index (χ4n) is 4.80. The average molecular weight is 334 g/mol. The van der Waals surface area contributed by atoms with Crippen molar-refractivity contribution in [3.8, 4) is 11.5 Å². The molecule has 0 N–H and O–H groups in total. The number of allylic oxidation sites excluding steroid dienone is 1. The molecule has 0 radical (unpaired) electrons. The van der Waals surface area contributed by atoms with Crippen molar-refractivity contribution in [1.82, 2.24) is 0 Å². The second kappa shape index (κ2) is 4.29. The van der Waals surface area contributed by atoms with Gasteiger partial charge in [-0.2, -0.15) is 0 Å². The zero-order chi connectivity index (χ0) is 16.8. The molecule has 0 amide bonds. The molecule has 2 aromatic carbocycles. The van der Waals surface area contributed by atoms with E-state index in [-0.39, 0.29) is 24.1 Å². The van der Waals surface area contributed by atoms with Crippen LogP contribution in [0.25, 0.3) is 10.8 Å². The first-order chi connectivity index (χ1) is 12.2. The number of ether oxygens (including phenoxy) is 3. The lowest BCUT2D eigenvalue weighted by Gasteiger charge is -2.46. The molecule has 0 aromatic heterocycles. The number of carbonyl (C=O) groups excluding carboxylic acids is 2. The summed E-state index contributed by atoms with van der Waals surface area (Å²) in [7, 11) is 0. The van der Waals surface area contributed by atoms with Gasteiger partial charge in [0.05, 0.1) is 23.3 Å². The second-order valence-corrected chi connectivity index (χ2v) is 7.06. The molecule has 1 spiro atoms. The zero-order valence-corrected chi connectivity index (χ0v) is 13.2. The van der Waals surface area contributed by atoms with Crippen molar-refractivity contribution in [1.29, 1.82) is 0 Å². The Hall–Kier alpha value is -2.66. The van der Waals surface area contributed by atoms with Gasteiger partial charge in [-0.05, 0) is 23.6 Å². The monoisotopic (exact) mass is 334 g/mol. The number of rotatable bonds is 0. The molecule has 2 aromatic rings. The molecule has 1 saturated carbocycles. The molecular formula is C20H14O5. The van der Waals surface area contributed by atoms with Crippen LogP contribution in [0.2, 0.25) is 0 Å². The van der Waals surface area contributed by atoms with Crippen LogP contribution in [0.3, 0.4) is 0 Å². The minimum absolute atomic E-state index is 0.0817. The molecule has 1 unspecified atom stereocenters. The SMILES string of the molecule is O=C1C=C[C@H]2O[C@H]3CC(=O)C1[C@@H]2C31Oc2cccc3cccc(c23)O1. The van der Waals surface area contributed by atoms with E-state index in [4.69, 9.17) is 14.2 Å². The fourth-order valence-corrected chi connectivity index (χ4v) is 4.80. The summed E-state index contributed by atoms with van der Waals surface area (Å²) < 4.78 is 18.8. The molecule has 124 valence electrons. The van der Waals surface area contributed by atoms with E-state index in [0.29, 0.717) is 11.5 Å². The van der Waals surface area contributed by atoms with Crippen LogP contribution in [0.5, 0.6) is 11.5 Å². The maximum atomic E-state index is 12.5. The van der Waals surface area contributed by atoms with E-state index >= 15 is 0 Å². The van der Waals surface area contributed by atoms with Crippen LogP contribution in [0.1, 0.15) is 6.42 Å². The standard InChI is InChI=1S/C20H14O5/c21-11-7-8-15-19-18(11)12(22)9-16(23-15)20(19)24-13-5-1-3-10-4-2-6-14(25-20)17(10)13/h1-8,15-16,18-19H,9H2/t15-,16+,18?,19-/m1/s1. The normalized spacial score (nSPS) is 33.4. The molecule has 2 aliphatic carbocycles. The summed E-state index contributed by atoms with van der Waals surface area (Å²) >= 11 is 0. The van der Waals surface area contributed by atoms with Crippen LogP contribution in [0.4, 0.5) is 0 Å². The first kappa shape index (κ1) is 13.6. The molecule has 2 heterocycles. The lowest BCUT2D eigenvalue weighted by molar-refractivity contribution is -0.201. The van der Waals surface area contributed by atoms with Gasteiger partial charge < -0.3 is 14.2 Å². The molecule has 6 rings (SSSR count). The number of benzene rings is 2. The third-order valence-electron chi connectivity index (χ3n) is 5.81. The van der Waals surface area contributed by atoms with Gasteiger partial charge in [0, 0.05) is 6.42 Å². The quantitative estimate of drug-likeness (QED) is 0.693. The molecule has 4 aliphatic rings. The van der Waals surface area contributed by atoms with Gasteiger partial charge in [-0.25, -0.2) is 0 Å². The van der Waals surface area contributed by atoms with E-state index in [0.717, 1.165) is 10.8 Å². The van der Waals surface area contributed by atoms with Crippen LogP contribution in [0, 0.1) is 11.8 Å². The maximum Gasteiger partial charge on any atom is 0.284 e. The first-order valence-corrected chi connectivity index (χ1v) is 8.47. The number of ketones is 2. The Labute approximate surface area is 143 Å². The van der Waals surface area contributed by atoms with Crippen molar-refractivity contribution in [2.75, 3.05) is 0 Å². The number of Topliss-reactive ketones (excluding diaryl/α,β-unsaturated/α-hetero) is 1. The van der Waals surface area contributed by atoms with Crippen molar-refractivity contribution < 1.29 is 23.8 Å². The molecule has 2 fully saturated rings. The third-order valence-corrected chi connectivity index (χ3v) is 5.81. The molecular weight excluding hydrogens is 320 g/mol. The number of carbonyl (C=O) groups is 2. The van der Waals surface area contributed by atoms with Crippen LogP contribution >= 0.6 is 0 Å². The predicted molar refractivity (Wildman–Crippen MR) is 87.3 cm³/mol. The minimum atomic E-state index is -1.13. The first-order valence-electron chi connectivity index (χ1n) is 8.47. The van der Waals surface area contributed by atoms with Crippen molar-refractivity contribution in [2.24, 2.45) is 11.8 Å². The lowest BCUT2D eigenvalue weighted by Crippen LogP contribution is -2.64. The van der Waals surface area contributed by atoms with Crippen molar-refractivity contribution in [3.05, 3.63) is 48.6 Å². The largest absolute Gasteiger partial charge is 0.448 e. The smallest absolute Gasteiger partial charge is 0.284 e. The summed E-state index contributed by atoms with van der Waals surface area (Å²) in [4.78, 5) is 24.9. The zero-order valence-electron chi connectivity index (χ0n) is 13.2. The molecule has 2 aliphatic heterocycles. The van der Waals surface area contributed by atoms with Gasteiger partial charge in [0.2, 0.25) is 0 Å². The Bertz CT molecular complexity index is 950. The highest BCUT2D eigenvalue weighted by Crippen LogP contribution is 2.55. The van der Waals surface area contributed by atoms with Gasteiger partial charge in [-0.3, -0.25) is 9.59 Å². The van der Waals surface area contributed by atoms with Crippen LogP contribution < -0.4 is 9.47 Å². The van der Waals surface area contributed by atoms with E-state index in [9.17, 15) is 9.59 Å². The maximum absolute atomic E-state index is 12.5. The second-order valence-electron chi connectivity index (χ2n) is 7.06. The molecule has 25 heavy (non-hydrogen) atoms. The van der Waals surface area contributed by atoms with Gasteiger partial charge in [0.1, 0.15) is 23.4 Å². The molecule has 4 atom stereocenters. The summed E-state index contributed by atoms with van der Waals surface area (Å²) in [5.41, 5.74) is 0. The molecule has 1 saturated heterocycles. The third kappa shape index (κ3) is 1.53. The highest BCUT2D eigenvalue weighted by atomic mass is 16.7. The summed E-state index contributed by atoms with van der Waals surface area (Å²) in [6.45, 7) is 0. The lowest BCUT2D eigenvalue weighted by atomic mass is 9.68. The van der Waals surface area contributed by atoms with Gasteiger partial charge in [0.15, 0.2) is 5.78 Å². The topological polar surface area (TPSA) is 61.8 Å². The van der Waals surface area contributed by atoms with Crippen molar-refractivity contribution in [2.45, 2.75) is 24.4 Å². The van der Waals surface area contributed by atoms with Gasteiger partial charge in [-0.15, -0.1) is 0 Å². The Morgan fingerprint density at radius 3 is 2.44 bits per heavy atom. The average Bonchev–Trinajstić information content (AvgIpc) is 2.81. The van der Waals surface area contributed by atoms with E-state index in [1.165, 1.54) is 6.08 Å². The summed E-state index contributed by atoms with van der Waals surface area (Å²) in [5, 5.41) is 1.94. The minimum Gasteiger partial charge on any atom is -0.448 e. The van der Waals surface area contributed by atoms with Crippen molar-refractivity contribution in [3.63, 3.8) is 0 Å². The summed E-state index contributed by atoms with van der Waals surface area (Å²) in [6.07, 6.45) is 2.46. The van der Waals surface area contributed by atoms with E-state index in [2.05, 4.69) is 0 Å². The molecule has 5 nitrogen and oxygen atoms in total. The van der Waals surface area contributed by atoms with E-state index in [1.54, 1.807) is 6.08 Å². The van der Waals surface area contributed by atoms with Gasteiger partial charge in [0.25, 0.3) is 5.79 Å². The summed E-state index contributed by atoms with van der Waals surface area (Å²) in [6, 6.07) is 11.7. The fraction of sp³-hybridized carbons (Fsp3) is 0.300. The predicted octanol–water partition coefficient (Wildman–Crippen LogP) is 2.42. The van der Waals surface area contributed by atoms with Crippen LogP contribution in [0.15, 0.2) is 48.6 Å². The number of hydrogen-bond acceptors (Lipinski definition) is 5. The molecule has 5 heteroatoms.